The summed E-state index contributed by atoms with van der Waals surface area (Å²) in [6.45, 7) is 3.92. The number of anilines is 3. The largest absolute Gasteiger partial charge is 0.373 e. The molecule has 0 spiro atoms. The van der Waals surface area contributed by atoms with E-state index in [0.29, 0.717) is 11.4 Å². The Morgan fingerprint density at radius 2 is 2.00 bits per heavy atom. The van der Waals surface area contributed by atoms with E-state index >= 15 is 0 Å². The fraction of sp³-hybridized carbons (Fsp3) is 0.267. The van der Waals surface area contributed by atoms with Gasteiger partial charge in [-0.15, -0.1) is 0 Å². The van der Waals surface area contributed by atoms with E-state index in [1.54, 1.807) is 0 Å². The minimum atomic E-state index is 0.634. The van der Waals surface area contributed by atoms with E-state index in [0.717, 1.165) is 29.3 Å². The van der Waals surface area contributed by atoms with Gasteiger partial charge in [0.25, 0.3) is 0 Å². The van der Waals surface area contributed by atoms with Crippen LogP contribution in [-0.4, -0.2) is 17.0 Å². The van der Waals surface area contributed by atoms with Gasteiger partial charge in [-0.3, -0.25) is 0 Å². The highest BCUT2D eigenvalue weighted by molar-refractivity contribution is 5.67. The van der Waals surface area contributed by atoms with Crippen molar-refractivity contribution >= 4 is 17.3 Å². The molecule has 2 aromatic rings. The van der Waals surface area contributed by atoms with Crippen LogP contribution in [-0.2, 0) is 6.42 Å². The Morgan fingerprint density at radius 3 is 2.65 bits per heavy atom. The van der Waals surface area contributed by atoms with Crippen molar-refractivity contribution in [2.45, 2.75) is 20.3 Å². The van der Waals surface area contributed by atoms with Gasteiger partial charge in [-0.25, -0.2) is 9.97 Å². The third-order valence-electron chi connectivity index (χ3n) is 2.99. The van der Waals surface area contributed by atoms with Crippen molar-refractivity contribution < 1.29 is 0 Å². The Bertz CT molecular complexity index is 636. The molecule has 5 nitrogen and oxygen atoms in total. The van der Waals surface area contributed by atoms with Crippen LogP contribution in [0.15, 0.2) is 24.3 Å². The van der Waals surface area contributed by atoms with Crippen LogP contribution in [0.25, 0.3) is 0 Å². The SMILES string of the molecule is CCc1nc(NC)cc(Nc2cccc(C)c2C#N)n1. The van der Waals surface area contributed by atoms with E-state index in [1.807, 2.05) is 45.2 Å². The molecule has 0 bridgehead atoms. The minimum absolute atomic E-state index is 0.634. The van der Waals surface area contributed by atoms with E-state index in [-0.39, 0.29) is 0 Å². The number of benzene rings is 1. The van der Waals surface area contributed by atoms with Crippen molar-refractivity contribution in [1.29, 1.82) is 5.26 Å². The number of nitrogens with zero attached hydrogens (tertiary/aromatic N) is 3. The summed E-state index contributed by atoms with van der Waals surface area (Å²) < 4.78 is 0. The number of hydrogen-bond acceptors (Lipinski definition) is 5. The van der Waals surface area contributed by atoms with Crippen molar-refractivity contribution in [2.75, 3.05) is 17.7 Å². The molecule has 2 N–H and O–H groups in total. The molecule has 0 amide bonds. The third kappa shape index (κ3) is 2.86. The molecule has 1 aromatic heterocycles. The maximum Gasteiger partial charge on any atom is 0.136 e. The second kappa shape index (κ2) is 6.02. The molecule has 1 heterocycles. The van der Waals surface area contributed by atoms with Crippen molar-refractivity contribution in [1.82, 2.24) is 9.97 Å². The number of aryl methyl sites for hydroxylation is 2. The molecule has 102 valence electrons. The first-order chi connectivity index (χ1) is 9.67. The van der Waals surface area contributed by atoms with Crippen LogP contribution < -0.4 is 10.6 Å². The van der Waals surface area contributed by atoms with Crippen LogP contribution >= 0.6 is 0 Å². The average Bonchev–Trinajstić information content (AvgIpc) is 2.47. The normalized spacial score (nSPS) is 9.90. The second-order valence-electron chi connectivity index (χ2n) is 4.39. The molecular formula is C15H17N5. The van der Waals surface area contributed by atoms with Gasteiger partial charge in [0.2, 0.25) is 0 Å². The number of hydrogen-bond donors (Lipinski definition) is 2. The summed E-state index contributed by atoms with van der Waals surface area (Å²) in [5.74, 6) is 2.19. The van der Waals surface area contributed by atoms with Crippen LogP contribution in [0, 0.1) is 18.3 Å². The summed E-state index contributed by atoms with van der Waals surface area (Å²) in [4.78, 5) is 8.77. The molecule has 0 aliphatic heterocycles. The van der Waals surface area contributed by atoms with Gasteiger partial charge in [0.05, 0.1) is 11.3 Å². The van der Waals surface area contributed by atoms with Crippen LogP contribution in [0.4, 0.5) is 17.3 Å². The van der Waals surface area contributed by atoms with Crippen molar-refractivity contribution in [3.05, 3.63) is 41.2 Å². The summed E-state index contributed by atoms with van der Waals surface area (Å²) in [6, 6.07) is 9.75. The lowest BCUT2D eigenvalue weighted by molar-refractivity contribution is 0.944. The van der Waals surface area contributed by atoms with Gasteiger partial charge in [-0.1, -0.05) is 19.1 Å². The maximum absolute atomic E-state index is 9.24. The molecule has 0 unspecified atom stereocenters. The molecule has 5 heteroatoms. The molecule has 20 heavy (non-hydrogen) atoms. The Labute approximate surface area is 118 Å². The highest BCUT2D eigenvalue weighted by Crippen LogP contribution is 2.23. The molecule has 0 aliphatic carbocycles. The number of aromatic nitrogens is 2. The molecule has 0 aliphatic rings. The van der Waals surface area contributed by atoms with E-state index in [1.165, 1.54) is 0 Å². The number of nitriles is 1. The lowest BCUT2D eigenvalue weighted by Gasteiger charge is -2.11. The quantitative estimate of drug-likeness (QED) is 0.890. The topological polar surface area (TPSA) is 73.6 Å². The van der Waals surface area contributed by atoms with Crippen molar-refractivity contribution in [3.8, 4) is 6.07 Å². The average molecular weight is 267 g/mol. The molecule has 0 fully saturated rings. The predicted octanol–water partition coefficient (Wildman–Crippen LogP) is 3.00. The number of rotatable bonds is 4. The fourth-order valence-electron chi connectivity index (χ4n) is 1.91. The monoisotopic (exact) mass is 267 g/mol. The van der Waals surface area contributed by atoms with E-state index in [9.17, 15) is 5.26 Å². The maximum atomic E-state index is 9.24. The van der Waals surface area contributed by atoms with E-state index in [2.05, 4.69) is 26.7 Å². The summed E-state index contributed by atoms with van der Waals surface area (Å²) in [5.41, 5.74) is 2.33. The van der Waals surface area contributed by atoms with Crippen LogP contribution in [0.2, 0.25) is 0 Å². The fourth-order valence-corrected chi connectivity index (χ4v) is 1.91. The molecule has 0 saturated carbocycles. The van der Waals surface area contributed by atoms with Gasteiger partial charge in [-0.05, 0) is 18.6 Å². The molecule has 2 rings (SSSR count). The summed E-state index contributed by atoms with van der Waals surface area (Å²) in [5, 5.41) is 15.5. The molecule has 0 atom stereocenters. The zero-order valence-electron chi connectivity index (χ0n) is 11.9. The van der Waals surface area contributed by atoms with Crippen molar-refractivity contribution in [3.63, 3.8) is 0 Å². The van der Waals surface area contributed by atoms with Gasteiger partial charge >= 0.3 is 0 Å². The van der Waals surface area contributed by atoms with Crippen LogP contribution in [0.1, 0.15) is 23.9 Å². The summed E-state index contributed by atoms with van der Waals surface area (Å²) in [7, 11) is 1.82. The standard InChI is InChI=1S/C15H17N5/c1-4-13-19-14(17-3)8-15(20-13)18-12-7-5-6-10(2)11(12)9-16/h5-8H,4H2,1-3H3,(H2,17,18,19,20). The third-order valence-corrected chi connectivity index (χ3v) is 2.99. The highest BCUT2D eigenvalue weighted by Gasteiger charge is 2.07. The van der Waals surface area contributed by atoms with E-state index in [4.69, 9.17) is 0 Å². The smallest absolute Gasteiger partial charge is 0.136 e. The van der Waals surface area contributed by atoms with Crippen molar-refractivity contribution in [2.24, 2.45) is 0 Å². The highest BCUT2D eigenvalue weighted by atomic mass is 15.1. The van der Waals surface area contributed by atoms with Gasteiger partial charge in [-0.2, -0.15) is 5.26 Å². The Morgan fingerprint density at radius 1 is 1.25 bits per heavy atom. The molecular weight excluding hydrogens is 250 g/mol. The molecule has 0 radical (unpaired) electrons. The predicted molar refractivity (Wildman–Crippen MR) is 80.1 cm³/mol. The van der Waals surface area contributed by atoms with E-state index < -0.39 is 0 Å². The van der Waals surface area contributed by atoms with Gasteiger partial charge in [0.15, 0.2) is 0 Å². The second-order valence-corrected chi connectivity index (χ2v) is 4.39. The zero-order valence-corrected chi connectivity index (χ0v) is 11.9. The summed E-state index contributed by atoms with van der Waals surface area (Å²) >= 11 is 0. The Kier molecular flexibility index (Phi) is 4.16. The molecule has 0 saturated heterocycles. The first kappa shape index (κ1) is 13.8. The minimum Gasteiger partial charge on any atom is -0.373 e. The first-order valence-corrected chi connectivity index (χ1v) is 6.50. The zero-order chi connectivity index (χ0) is 14.5. The Balaban J connectivity index is 2.40. The van der Waals surface area contributed by atoms with Gasteiger partial charge < -0.3 is 10.6 Å². The summed E-state index contributed by atoms with van der Waals surface area (Å²) in [6.07, 6.45) is 0.753. The van der Waals surface area contributed by atoms with Gasteiger partial charge in [0, 0.05) is 19.5 Å². The first-order valence-electron chi connectivity index (χ1n) is 6.50. The lowest BCUT2D eigenvalue weighted by atomic mass is 10.1. The van der Waals surface area contributed by atoms with Crippen LogP contribution in [0.3, 0.4) is 0 Å². The molecule has 1 aromatic carbocycles. The number of nitrogens with one attached hydrogen (secondary N) is 2. The lowest BCUT2D eigenvalue weighted by Crippen LogP contribution is -2.04. The Hall–Kier alpha value is -2.61. The van der Waals surface area contributed by atoms with Gasteiger partial charge in [0.1, 0.15) is 23.5 Å². The van der Waals surface area contributed by atoms with Crippen LogP contribution in [0.5, 0.6) is 0 Å².